The molecule has 1 saturated heterocycles. The van der Waals surface area contributed by atoms with Crippen molar-refractivity contribution >= 4 is 29.3 Å². The van der Waals surface area contributed by atoms with Gasteiger partial charge in [-0.15, -0.1) is 0 Å². The highest BCUT2D eigenvalue weighted by Crippen LogP contribution is 2.41. The molecule has 2 amide bonds. The molecule has 5 aromatic rings. The minimum Gasteiger partial charge on any atom is -0.431 e. The molecule has 2 heterocycles. The third kappa shape index (κ3) is 9.26. The van der Waals surface area contributed by atoms with Crippen LogP contribution in [0.1, 0.15) is 61.2 Å². The molecule has 258 valence electrons. The number of nitrogens with zero attached hydrogens (tertiary/aromatic N) is 1. The van der Waals surface area contributed by atoms with Gasteiger partial charge in [-0.1, -0.05) is 109 Å². The van der Waals surface area contributed by atoms with Crippen LogP contribution in [0.5, 0.6) is 0 Å². The number of carbonyl (C=O) groups excluding carboxylic acids is 2. The van der Waals surface area contributed by atoms with Crippen LogP contribution in [0.25, 0.3) is 22.6 Å². The lowest BCUT2D eigenvalue weighted by molar-refractivity contribution is -0.245. The van der Waals surface area contributed by atoms with Gasteiger partial charge in [-0.2, -0.15) is 0 Å². The number of unbranched alkanes of at least 4 members (excludes halogenated alkanes) is 1. The minimum absolute atomic E-state index is 0.0423. The maximum Gasteiger partial charge on any atom is 0.256 e. The number of rotatable bonds is 14. The number of carbonyl (C=O) groups is 2. The first kappa shape index (κ1) is 35.1. The van der Waals surface area contributed by atoms with Crippen molar-refractivity contribution in [2.24, 2.45) is 0 Å². The topological polar surface area (TPSA) is 143 Å². The smallest absolute Gasteiger partial charge is 0.256 e. The number of ether oxygens (including phenoxy) is 2. The Morgan fingerprint density at radius 3 is 2.20 bits per heavy atom. The molecule has 50 heavy (non-hydrogen) atoms. The summed E-state index contributed by atoms with van der Waals surface area (Å²) in [6, 6.07) is 35.0. The number of benzene rings is 4. The lowest BCUT2D eigenvalue weighted by atomic mass is 10.0. The molecule has 0 spiro atoms. The maximum absolute atomic E-state index is 12.6. The number of anilines is 1. The summed E-state index contributed by atoms with van der Waals surface area (Å²) in [5, 5.41) is 21.7. The molecule has 11 heteroatoms. The van der Waals surface area contributed by atoms with Crippen LogP contribution in [0.2, 0.25) is 0 Å². The highest BCUT2D eigenvalue weighted by atomic mass is 32.2. The number of hydroxylamine groups is 1. The Labute approximate surface area is 294 Å². The fourth-order valence-corrected chi connectivity index (χ4v) is 6.58. The highest BCUT2D eigenvalue weighted by molar-refractivity contribution is 7.99. The van der Waals surface area contributed by atoms with Crippen molar-refractivity contribution in [3.05, 3.63) is 126 Å². The van der Waals surface area contributed by atoms with E-state index in [1.807, 2.05) is 103 Å². The van der Waals surface area contributed by atoms with Gasteiger partial charge in [0.2, 0.25) is 11.8 Å². The minimum atomic E-state index is -0.713. The van der Waals surface area contributed by atoms with Gasteiger partial charge in [-0.25, -0.2) is 10.5 Å². The Balaban J connectivity index is 1.18. The lowest BCUT2D eigenvalue weighted by Crippen LogP contribution is -2.31. The first-order chi connectivity index (χ1) is 24.5. The molecule has 1 fully saturated rings. The van der Waals surface area contributed by atoms with E-state index >= 15 is 0 Å². The Hall–Kier alpha value is -4.78. The van der Waals surface area contributed by atoms with E-state index in [-0.39, 0.29) is 37.6 Å². The Morgan fingerprint density at radius 1 is 0.800 bits per heavy atom. The van der Waals surface area contributed by atoms with Gasteiger partial charge >= 0.3 is 0 Å². The quantitative estimate of drug-likeness (QED) is 0.0396. The van der Waals surface area contributed by atoms with E-state index in [1.54, 1.807) is 11.5 Å². The molecule has 6 rings (SSSR count). The molecular weight excluding hydrogens is 655 g/mol. The number of aliphatic hydroxyl groups excluding tert-OH is 1. The summed E-state index contributed by atoms with van der Waals surface area (Å²) in [5.41, 5.74) is 7.44. The Morgan fingerprint density at radius 2 is 1.50 bits per heavy atom. The maximum atomic E-state index is 12.6. The number of amides is 2. The van der Waals surface area contributed by atoms with Crippen LogP contribution in [0, 0.1) is 0 Å². The largest absolute Gasteiger partial charge is 0.431 e. The predicted octanol–water partition coefficient (Wildman–Crippen LogP) is 7.84. The Bertz CT molecular complexity index is 1790. The van der Waals surface area contributed by atoms with Crippen LogP contribution >= 0.6 is 11.8 Å². The van der Waals surface area contributed by atoms with Crippen molar-refractivity contribution in [1.82, 2.24) is 10.5 Å². The molecule has 4 aromatic carbocycles. The molecule has 4 N–H and O–H groups in total. The number of thioether (sulfide) groups is 1. The van der Waals surface area contributed by atoms with Crippen molar-refractivity contribution in [3.8, 4) is 22.6 Å². The molecule has 0 unspecified atom stereocenters. The summed E-state index contributed by atoms with van der Waals surface area (Å²) < 4.78 is 19.4. The first-order valence-electron chi connectivity index (χ1n) is 16.6. The number of hydrogen-bond acceptors (Lipinski definition) is 9. The van der Waals surface area contributed by atoms with E-state index in [4.69, 9.17) is 24.1 Å². The van der Waals surface area contributed by atoms with E-state index in [0.717, 1.165) is 33.5 Å². The van der Waals surface area contributed by atoms with Gasteiger partial charge in [0, 0.05) is 47.4 Å². The predicted molar refractivity (Wildman–Crippen MR) is 190 cm³/mol. The average Bonchev–Trinajstić information content (AvgIpc) is 3.61. The van der Waals surface area contributed by atoms with Crippen molar-refractivity contribution < 1.29 is 33.8 Å². The zero-order chi connectivity index (χ0) is 34.7. The fraction of sp³-hybridized carbons (Fsp3) is 0.256. The fourth-order valence-electron chi connectivity index (χ4n) is 5.74. The second-order valence-corrected chi connectivity index (χ2v) is 12.9. The van der Waals surface area contributed by atoms with Crippen LogP contribution < -0.4 is 10.8 Å². The molecule has 1 aromatic heterocycles. The second kappa shape index (κ2) is 17.2. The monoisotopic (exact) mass is 693 g/mol. The number of oxazole rings is 1. The van der Waals surface area contributed by atoms with Gasteiger partial charge in [0.25, 0.3) is 5.22 Å². The second-order valence-electron chi connectivity index (χ2n) is 12.0. The van der Waals surface area contributed by atoms with Crippen LogP contribution in [0.15, 0.2) is 119 Å². The van der Waals surface area contributed by atoms with E-state index < -0.39 is 12.2 Å². The van der Waals surface area contributed by atoms with Crippen molar-refractivity contribution in [2.45, 2.75) is 62.4 Å². The van der Waals surface area contributed by atoms with Gasteiger partial charge in [0.15, 0.2) is 12.1 Å². The number of hydrogen-bond donors (Lipinski definition) is 4. The van der Waals surface area contributed by atoms with Gasteiger partial charge in [0.05, 0.1) is 18.8 Å². The SMILES string of the molecule is O=C(CCCCC(=O)Nc1cccc([C@@H]2O[C@H](CSc3nc(-c4ccccc4)c(-c4ccccc4)o3)C[C@H](c3ccc(CO)cc3)O2)c1)NO. The standard InChI is InChI=1S/C39H39N3O7S/c43-24-26-18-20-27(21-19-26)33-23-32(25-50-39-41-36(28-10-3-1-4-11-28)37(49-39)29-12-5-2-6-13-29)47-38(48-33)30-14-9-15-31(22-30)40-34(44)16-7-8-17-35(45)42-46/h1-6,9-15,18-22,32-33,38,43,46H,7-8,16-17,23-25H2,(H,40,44)(H,42,45)/t32-,33+,38+/m0/s1. The third-order valence-corrected chi connectivity index (χ3v) is 9.28. The van der Waals surface area contributed by atoms with Gasteiger partial charge in [-0.3, -0.25) is 14.8 Å². The van der Waals surface area contributed by atoms with Crippen LogP contribution in [-0.4, -0.2) is 39.0 Å². The zero-order valence-electron chi connectivity index (χ0n) is 27.4. The highest BCUT2D eigenvalue weighted by Gasteiger charge is 2.33. The average molecular weight is 694 g/mol. The Kier molecular flexibility index (Phi) is 12.1. The zero-order valence-corrected chi connectivity index (χ0v) is 28.2. The lowest BCUT2D eigenvalue weighted by Gasteiger charge is -2.36. The van der Waals surface area contributed by atoms with Crippen molar-refractivity contribution in [1.29, 1.82) is 0 Å². The van der Waals surface area contributed by atoms with Crippen LogP contribution in [0.4, 0.5) is 5.69 Å². The van der Waals surface area contributed by atoms with E-state index in [9.17, 15) is 14.7 Å². The summed E-state index contributed by atoms with van der Waals surface area (Å²) in [7, 11) is 0. The number of aromatic nitrogens is 1. The number of aliphatic hydroxyl groups is 1. The summed E-state index contributed by atoms with van der Waals surface area (Å²) in [6.45, 7) is -0.0423. The molecular formula is C39H39N3O7S. The molecule has 10 nitrogen and oxygen atoms in total. The van der Waals surface area contributed by atoms with Crippen molar-refractivity contribution in [3.63, 3.8) is 0 Å². The van der Waals surface area contributed by atoms with Gasteiger partial charge < -0.3 is 24.3 Å². The summed E-state index contributed by atoms with van der Waals surface area (Å²) >= 11 is 1.49. The third-order valence-electron chi connectivity index (χ3n) is 8.32. The molecule has 0 bridgehead atoms. The van der Waals surface area contributed by atoms with E-state index in [1.165, 1.54) is 11.8 Å². The number of nitrogens with one attached hydrogen (secondary N) is 2. The molecule has 0 aliphatic carbocycles. The van der Waals surface area contributed by atoms with Crippen molar-refractivity contribution in [2.75, 3.05) is 11.1 Å². The van der Waals surface area contributed by atoms with Crippen LogP contribution in [-0.2, 0) is 25.7 Å². The molecule has 0 radical (unpaired) electrons. The molecule has 0 saturated carbocycles. The molecule has 1 aliphatic rings. The van der Waals surface area contributed by atoms with Crippen LogP contribution in [0.3, 0.4) is 0 Å². The van der Waals surface area contributed by atoms with Gasteiger partial charge in [-0.05, 0) is 36.1 Å². The molecule has 3 atom stereocenters. The summed E-state index contributed by atoms with van der Waals surface area (Å²) in [4.78, 5) is 28.8. The van der Waals surface area contributed by atoms with E-state index in [0.29, 0.717) is 41.7 Å². The first-order valence-corrected chi connectivity index (χ1v) is 17.6. The van der Waals surface area contributed by atoms with E-state index in [2.05, 4.69) is 5.32 Å². The van der Waals surface area contributed by atoms with Gasteiger partial charge in [0.1, 0.15) is 5.69 Å². The normalized spacial score (nSPS) is 17.3. The molecule has 1 aliphatic heterocycles. The summed E-state index contributed by atoms with van der Waals surface area (Å²) in [6.07, 6.45) is 0.737. The summed E-state index contributed by atoms with van der Waals surface area (Å²) in [5.74, 6) is 0.614.